The smallest absolute Gasteiger partial charge is 0.261 e. The topological polar surface area (TPSA) is 97.2 Å². The highest BCUT2D eigenvalue weighted by Gasteiger charge is 2.28. The van der Waals surface area contributed by atoms with E-state index in [2.05, 4.69) is 31.2 Å². The fraction of sp³-hybridized carbons (Fsp3) is 0.350. The molecule has 8 nitrogen and oxygen atoms in total. The van der Waals surface area contributed by atoms with Crippen molar-refractivity contribution >= 4 is 55.1 Å². The molecule has 1 aliphatic rings. The van der Waals surface area contributed by atoms with Gasteiger partial charge in [-0.05, 0) is 38.0 Å². The Morgan fingerprint density at radius 1 is 1.30 bits per heavy atom. The molecule has 2 amide bonds. The molecule has 1 aliphatic heterocycles. The number of nitrogens with zero attached hydrogens (tertiary/aromatic N) is 4. The molecule has 0 atom stereocenters. The molecule has 156 valence electrons. The Bertz CT molecular complexity index is 1170. The molecule has 1 N–H and O–H groups in total. The second-order valence-electron chi connectivity index (χ2n) is 7.28. The van der Waals surface area contributed by atoms with E-state index in [0.29, 0.717) is 42.0 Å². The summed E-state index contributed by atoms with van der Waals surface area (Å²) in [5, 5.41) is 5.81. The summed E-state index contributed by atoms with van der Waals surface area (Å²) in [5.74, 6) is -0.361. The Kier molecular flexibility index (Phi) is 5.96. The van der Waals surface area contributed by atoms with Crippen molar-refractivity contribution in [1.82, 2.24) is 19.4 Å². The number of thiazole rings is 1. The lowest BCUT2D eigenvalue weighted by Gasteiger charge is -2.31. The number of carbonyl (C=O) groups is 2. The lowest BCUT2D eigenvalue weighted by Crippen LogP contribution is -2.43. The van der Waals surface area contributed by atoms with Gasteiger partial charge in [-0.2, -0.15) is 0 Å². The lowest BCUT2D eigenvalue weighted by molar-refractivity contribution is -0.135. The van der Waals surface area contributed by atoms with Crippen LogP contribution in [-0.4, -0.2) is 44.3 Å². The number of halogens is 1. The molecular formula is C20H20BrN5O3S. The van der Waals surface area contributed by atoms with Crippen molar-refractivity contribution in [1.29, 1.82) is 0 Å². The van der Waals surface area contributed by atoms with E-state index in [1.807, 2.05) is 18.4 Å². The maximum atomic E-state index is 12.7. The van der Waals surface area contributed by atoms with E-state index in [-0.39, 0.29) is 29.8 Å². The average molecular weight is 490 g/mol. The van der Waals surface area contributed by atoms with Crippen LogP contribution in [0.25, 0.3) is 10.9 Å². The molecule has 2 aromatic heterocycles. The van der Waals surface area contributed by atoms with E-state index in [1.54, 1.807) is 17.0 Å². The first-order chi connectivity index (χ1) is 14.4. The molecule has 0 radical (unpaired) electrons. The van der Waals surface area contributed by atoms with Crippen LogP contribution >= 0.6 is 27.3 Å². The van der Waals surface area contributed by atoms with E-state index < -0.39 is 0 Å². The van der Waals surface area contributed by atoms with Gasteiger partial charge in [-0.1, -0.05) is 15.9 Å². The van der Waals surface area contributed by atoms with Gasteiger partial charge in [0.25, 0.3) is 5.56 Å². The number of fused-ring (bicyclic) bond motifs is 1. The first kappa shape index (κ1) is 20.7. The van der Waals surface area contributed by atoms with E-state index in [0.717, 1.165) is 10.2 Å². The van der Waals surface area contributed by atoms with Gasteiger partial charge >= 0.3 is 0 Å². The van der Waals surface area contributed by atoms with Crippen molar-refractivity contribution in [3.8, 4) is 0 Å². The summed E-state index contributed by atoms with van der Waals surface area (Å²) in [6, 6.07) is 5.29. The van der Waals surface area contributed by atoms with Crippen LogP contribution in [0.2, 0.25) is 0 Å². The van der Waals surface area contributed by atoms with E-state index in [9.17, 15) is 14.4 Å². The number of nitrogens with one attached hydrogen (secondary N) is 1. The van der Waals surface area contributed by atoms with Gasteiger partial charge in [0.15, 0.2) is 5.13 Å². The highest BCUT2D eigenvalue weighted by atomic mass is 79.9. The zero-order chi connectivity index (χ0) is 21.3. The second kappa shape index (κ2) is 8.65. The molecule has 3 aromatic rings. The molecule has 3 heterocycles. The predicted molar refractivity (Wildman–Crippen MR) is 118 cm³/mol. The summed E-state index contributed by atoms with van der Waals surface area (Å²) in [6.45, 7) is 2.78. The van der Waals surface area contributed by atoms with Gasteiger partial charge in [0.2, 0.25) is 11.8 Å². The van der Waals surface area contributed by atoms with Crippen LogP contribution in [0.1, 0.15) is 18.5 Å². The van der Waals surface area contributed by atoms with Gasteiger partial charge in [0.05, 0.1) is 22.9 Å². The molecular weight excluding hydrogens is 470 g/mol. The number of hydrogen-bond donors (Lipinski definition) is 1. The SMILES string of the molecule is Cc1csc(NC(=O)C2CCN(C(=O)Cn3cnc4ccc(Br)cc4c3=O)CC2)n1. The number of benzene rings is 1. The quantitative estimate of drug-likeness (QED) is 0.607. The first-order valence-electron chi connectivity index (χ1n) is 9.56. The van der Waals surface area contributed by atoms with Crippen LogP contribution in [0, 0.1) is 12.8 Å². The lowest BCUT2D eigenvalue weighted by atomic mass is 9.96. The summed E-state index contributed by atoms with van der Waals surface area (Å²) >= 11 is 4.76. The fourth-order valence-electron chi connectivity index (χ4n) is 3.50. The number of aryl methyl sites for hydroxylation is 1. The molecule has 1 fully saturated rings. The van der Waals surface area contributed by atoms with E-state index >= 15 is 0 Å². The highest BCUT2D eigenvalue weighted by molar-refractivity contribution is 9.10. The van der Waals surface area contributed by atoms with Crippen LogP contribution in [-0.2, 0) is 16.1 Å². The summed E-state index contributed by atoms with van der Waals surface area (Å²) < 4.78 is 2.12. The Morgan fingerprint density at radius 2 is 2.07 bits per heavy atom. The van der Waals surface area contributed by atoms with Gasteiger partial charge in [-0.25, -0.2) is 9.97 Å². The van der Waals surface area contributed by atoms with Crippen LogP contribution in [0.15, 0.2) is 39.2 Å². The standard InChI is InChI=1S/C20H20BrN5O3S/c1-12-10-30-20(23-12)24-18(28)13-4-6-25(7-5-13)17(27)9-26-11-22-16-3-2-14(21)8-15(16)19(26)29/h2-3,8,10-11,13H,4-7,9H2,1H3,(H,23,24,28). The number of anilines is 1. The molecule has 0 spiro atoms. The maximum Gasteiger partial charge on any atom is 0.261 e. The maximum absolute atomic E-state index is 12.7. The minimum absolute atomic E-state index is 0.0584. The van der Waals surface area contributed by atoms with Crippen molar-refractivity contribution in [2.75, 3.05) is 18.4 Å². The second-order valence-corrected chi connectivity index (χ2v) is 9.05. The molecule has 10 heteroatoms. The third-order valence-electron chi connectivity index (χ3n) is 5.16. The monoisotopic (exact) mass is 489 g/mol. The number of carbonyl (C=O) groups excluding carboxylic acids is 2. The van der Waals surface area contributed by atoms with Crippen molar-refractivity contribution in [2.24, 2.45) is 5.92 Å². The number of aromatic nitrogens is 3. The molecule has 0 bridgehead atoms. The first-order valence-corrected chi connectivity index (χ1v) is 11.2. The zero-order valence-corrected chi connectivity index (χ0v) is 18.7. The number of likely N-dealkylation sites (tertiary alicyclic amines) is 1. The Morgan fingerprint density at radius 3 is 2.77 bits per heavy atom. The number of hydrogen-bond acceptors (Lipinski definition) is 6. The average Bonchev–Trinajstić information content (AvgIpc) is 3.15. The van der Waals surface area contributed by atoms with Gasteiger partial charge < -0.3 is 10.2 Å². The summed E-state index contributed by atoms with van der Waals surface area (Å²) in [5.41, 5.74) is 1.22. The third kappa shape index (κ3) is 4.44. The van der Waals surface area contributed by atoms with Crippen molar-refractivity contribution in [3.05, 3.63) is 50.4 Å². The minimum Gasteiger partial charge on any atom is -0.341 e. The largest absolute Gasteiger partial charge is 0.341 e. The van der Waals surface area contributed by atoms with Crippen LogP contribution in [0.3, 0.4) is 0 Å². The molecule has 4 rings (SSSR count). The molecule has 1 aromatic carbocycles. The van der Waals surface area contributed by atoms with Crippen molar-refractivity contribution < 1.29 is 9.59 Å². The summed E-state index contributed by atoms with van der Waals surface area (Å²) in [7, 11) is 0. The van der Waals surface area contributed by atoms with E-state index in [1.165, 1.54) is 22.2 Å². The third-order valence-corrected chi connectivity index (χ3v) is 6.53. The molecule has 0 unspecified atom stereocenters. The Balaban J connectivity index is 1.36. The number of amides is 2. The van der Waals surface area contributed by atoms with Crippen molar-refractivity contribution in [3.63, 3.8) is 0 Å². The van der Waals surface area contributed by atoms with Crippen molar-refractivity contribution in [2.45, 2.75) is 26.3 Å². The van der Waals surface area contributed by atoms with Crippen LogP contribution in [0.4, 0.5) is 5.13 Å². The van der Waals surface area contributed by atoms with Gasteiger partial charge in [-0.3, -0.25) is 19.0 Å². The predicted octanol–water partition coefficient (Wildman–Crippen LogP) is 2.80. The van der Waals surface area contributed by atoms with Crippen LogP contribution < -0.4 is 10.9 Å². The summed E-state index contributed by atoms with van der Waals surface area (Å²) in [4.78, 5) is 48.1. The fourth-order valence-corrected chi connectivity index (χ4v) is 4.55. The summed E-state index contributed by atoms with van der Waals surface area (Å²) in [6.07, 6.45) is 2.58. The molecule has 0 saturated carbocycles. The number of piperidine rings is 1. The highest BCUT2D eigenvalue weighted by Crippen LogP contribution is 2.21. The van der Waals surface area contributed by atoms with Gasteiger partial charge in [0, 0.05) is 28.9 Å². The minimum atomic E-state index is -0.248. The Labute approximate surface area is 185 Å². The zero-order valence-electron chi connectivity index (χ0n) is 16.3. The number of rotatable bonds is 4. The molecule has 30 heavy (non-hydrogen) atoms. The Hall–Kier alpha value is -2.59. The van der Waals surface area contributed by atoms with Crippen LogP contribution in [0.5, 0.6) is 0 Å². The van der Waals surface area contributed by atoms with Gasteiger partial charge in [0.1, 0.15) is 6.54 Å². The van der Waals surface area contributed by atoms with E-state index in [4.69, 9.17) is 0 Å². The molecule has 0 aliphatic carbocycles. The van der Waals surface area contributed by atoms with Gasteiger partial charge in [-0.15, -0.1) is 11.3 Å². The molecule has 1 saturated heterocycles. The normalized spacial score (nSPS) is 14.8.